The molecule has 5 aliphatic rings. The molecule has 3 aromatic rings. The highest BCUT2D eigenvalue weighted by atomic mass is 15.4. The van der Waals surface area contributed by atoms with E-state index in [9.17, 15) is 0 Å². The van der Waals surface area contributed by atoms with E-state index in [0.29, 0.717) is 11.9 Å². The Morgan fingerprint density at radius 2 is 1.45 bits per heavy atom. The predicted octanol–water partition coefficient (Wildman–Crippen LogP) is 5.46. The fourth-order valence-corrected chi connectivity index (χ4v) is 7.67. The van der Waals surface area contributed by atoms with Crippen molar-refractivity contribution in [2.75, 3.05) is 18.0 Å². The first-order valence-corrected chi connectivity index (χ1v) is 14.9. The summed E-state index contributed by atoms with van der Waals surface area (Å²) < 4.78 is 0. The van der Waals surface area contributed by atoms with Crippen LogP contribution in [0.1, 0.15) is 69.4 Å². The van der Waals surface area contributed by atoms with Gasteiger partial charge in [0.05, 0.1) is 5.70 Å². The van der Waals surface area contributed by atoms with Crippen LogP contribution in [0.5, 0.6) is 0 Å². The zero-order chi connectivity index (χ0) is 26.5. The molecule has 0 aromatic carbocycles. The molecule has 8 rings (SSSR count). The van der Waals surface area contributed by atoms with Gasteiger partial charge in [0.15, 0.2) is 11.6 Å². The summed E-state index contributed by atoms with van der Waals surface area (Å²) in [5.41, 5.74) is 6.40. The summed E-state index contributed by atoms with van der Waals surface area (Å²) in [6.45, 7) is 2.05. The Morgan fingerprint density at radius 3 is 2.02 bits per heavy atom. The van der Waals surface area contributed by atoms with Gasteiger partial charge in [0, 0.05) is 61.4 Å². The number of hydrogen-bond donors (Lipinski definition) is 0. The molecule has 0 bridgehead atoms. The van der Waals surface area contributed by atoms with Crippen LogP contribution in [-0.2, 0) is 0 Å². The number of fused-ring (bicyclic) bond motifs is 1. The molecule has 3 aromatic heterocycles. The van der Waals surface area contributed by atoms with Crippen molar-refractivity contribution in [1.82, 2.24) is 34.8 Å². The number of allylic oxidation sites excluding steroid dienone is 4. The lowest BCUT2D eigenvalue weighted by Crippen LogP contribution is -2.57. The first-order valence-electron chi connectivity index (χ1n) is 14.9. The van der Waals surface area contributed by atoms with Crippen molar-refractivity contribution >= 4 is 17.1 Å². The van der Waals surface area contributed by atoms with Gasteiger partial charge >= 0.3 is 0 Å². The molecule has 0 spiro atoms. The number of rotatable bonds is 6. The van der Waals surface area contributed by atoms with E-state index in [1.165, 1.54) is 67.4 Å². The second kappa shape index (κ2) is 9.70. The third-order valence-corrected chi connectivity index (χ3v) is 9.60. The smallest absolute Gasteiger partial charge is 0.231 e. The van der Waals surface area contributed by atoms with Crippen molar-refractivity contribution in [1.29, 1.82) is 0 Å². The summed E-state index contributed by atoms with van der Waals surface area (Å²) in [6.07, 6.45) is 24.2. The number of likely N-dealkylation sites (tertiary alicyclic amines) is 1. The molecule has 0 amide bonds. The van der Waals surface area contributed by atoms with Crippen LogP contribution >= 0.6 is 0 Å². The maximum Gasteiger partial charge on any atom is 0.231 e. The summed E-state index contributed by atoms with van der Waals surface area (Å²) in [7, 11) is 0. The highest BCUT2D eigenvalue weighted by Crippen LogP contribution is 2.72. The fraction of sp³-hybridized carbons (Fsp3) is 0.438. The SMILES string of the molecule is C1=C(C2=C(c3ncccn3)C(C34CCCC3C4)=C(c3ncccn3)C(N3CCC3)N2c2ncccn2)CCCC1. The maximum atomic E-state index is 4.93. The lowest BCUT2D eigenvalue weighted by atomic mass is 9.76. The molecule has 40 heavy (non-hydrogen) atoms. The van der Waals surface area contributed by atoms with Gasteiger partial charge < -0.3 is 0 Å². The van der Waals surface area contributed by atoms with Gasteiger partial charge in [-0.2, -0.15) is 0 Å². The third kappa shape index (κ3) is 3.76. The number of hydrogen-bond acceptors (Lipinski definition) is 8. The van der Waals surface area contributed by atoms with E-state index in [1.807, 2.05) is 55.4 Å². The molecule has 3 unspecified atom stereocenters. The minimum absolute atomic E-state index is 0.0879. The van der Waals surface area contributed by atoms with Gasteiger partial charge in [-0.25, -0.2) is 29.9 Å². The minimum Gasteiger partial charge on any atom is -0.289 e. The van der Waals surface area contributed by atoms with Crippen molar-refractivity contribution in [3.63, 3.8) is 0 Å². The molecule has 0 radical (unpaired) electrons. The van der Waals surface area contributed by atoms with E-state index in [2.05, 4.69) is 15.9 Å². The van der Waals surface area contributed by atoms with Crippen LogP contribution < -0.4 is 4.90 Å². The van der Waals surface area contributed by atoms with Crippen LogP contribution in [0.4, 0.5) is 5.95 Å². The van der Waals surface area contributed by atoms with E-state index in [-0.39, 0.29) is 11.6 Å². The maximum absolute atomic E-state index is 4.93. The van der Waals surface area contributed by atoms with Crippen LogP contribution in [0, 0.1) is 11.3 Å². The fourth-order valence-electron chi connectivity index (χ4n) is 7.67. The van der Waals surface area contributed by atoms with Crippen molar-refractivity contribution in [2.45, 2.75) is 64.0 Å². The summed E-state index contributed by atoms with van der Waals surface area (Å²) >= 11 is 0. The topological polar surface area (TPSA) is 83.8 Å². The minimum atomic E-state index is -0.0879. The van der Waals surface area contributed by atoms with E-state index in [1.54, 1.807) is 0 Å². The molecule has 3 aliphatic carbocycles. The Morgan fingerprint density at radius 1 is 0.750 bits per heavy atom. The van der Waals surface area contributed by atoms with Crippen molar-refractivity contribution < 1.29 is 0 Å². The van der Waals surface area contributed by atoms with Crippen LogP contribution in [-0.4, -0.2) is 54.1 Å². The van der Waals surface area contributed by atoms with Crippen molar-refractivity contribution in [3.8, 4) is 0 Å². The monoisotopic (exact) mass is 530 g/mol. The highest BCUT2D eigenvalue weighted by molar-refractivity contribution is 5.98. The van der Waals surface area contributed by atoms with E-state index in [0.717, 1.165) is 43.2 Å². The van der Waals surface area contributed by atoms with Crippen molar-refractivity contribution in [3.05, 3.63) is 89.9 Å². The van der Waals surface area contributed by atoms with Crippen LogP contribution in [0.15, 0.2) is 78.3 Å². The van der Waals surface area contributed by atoms with E-state index < -0.39 is 0 Å². The molecular formula is C32H34N8. The van der Waals surface area contributed by atoms with Gasteiger partial charge in [-0.3, -0.25) is 9.80 Å². The summed E-state index contributed by atoms with van der Waals surface area (Å²) in [4.78, 5) is 34.4. The van der Waals surface area contributed by atoms with Gasteiger partial charge in [-0.1, -0.05) is 12.5 Å². The van der Waals surface area contributed by atoms with Gasteiger partial charge in [-0.15, -0.1) is 0 Å². The molecule has 1 saturated heterocycles. The predicted molar refractivity (Wildman–Crippen MR) is 153 cm³/mol. The Hall–Kier alpha value is -3.78. The number of nitrogens with zero attached hydrogens (tertiary/aromatic N) is 8. The van der Waals surface area contributed by atoms with Crippen molar-refractivity contribution in [2.24, 2.45) is 11.3 Å². The number of aromatic nitrogens is 6. The molecule has 8 nitrogen and oxygen atoms in total. The van der Waals surface area contributed by atoms with E-state index >= 15 is 0 Å². The molecule has 2 aliphatic heterocycles. The second-order valence-corrected chi connectivity index (χ2v) is 11.8. The molecule has 3 atom stereocenters. The Kier molecular flexibility index (Phi) is 5.83. The second-order valence-electron chi connectivity index (χ2n) is 11.8. The lowest BCUT2D eigenvalue weighted by molar-refractivity contribution is 0.147. The molecule has 2 saturated carbocycles. The first kappa shape index (κ1) is 24.1. The third-order valence-electron chi connectivity index (χ3n) is 9.60. The molecule has 3 fully saturated rings. The van der Waals surface area contributed by atoms with Crippen LogP contribution in [0.25, 0.3) is 11.1 Å². The van der Waals surface area contributed by atoms with Gasteiger partial charge in [-0.05, 0) is 92.0 Å². The average Bonchev–Trinajstić information content (AvgIpc) is 3.56. The first-order chi connectivity index (χ1) is 19.9. The van der Waals surface area contributed by atoms with Crippen LogP contribution in [0.2, 0.25) is 0 Å². The summed E-state index contributed by atoms with van der Waals surface area (Å²) in [5.74, 6) is 2.98. The quantitative estimate of drug-likeness (QED) is 0.415. The Balaban J connectivity index is 1.51. The van der Waals surface area contributed by atoms with Crippen LogP contribution in [0.3, 0.4) is 0 Å². The standard InChI is InChI=1S/C32H34N8/c1-2-9-22(10-3-1)27-24(28-33-13-5-14-34-28)26(32-12-4-11-23(32)21-32)25(29-35-15-6-16-36-29)30(39-19-8-20-39)40(27)31-37-17-7-18-38-31/h5-7,9,13-18,23,30H,1-4,8,10-12,19-21H2. The molecule has 5 heterocycles. The highest BCUT2D eigenvalue weighted by Gasteiger charge is 2.63. The van der Waals surface area contributed by atoms with E-state index in [4.69, 9.17) is 29.9 Å². The normalized spacial score (nSPS) is 28.3. The Labute approximate surface area is 235 Å². The largest absolute Gasteiger partial charge is 0.289 e. The van der Waals surface area contributed by atoms with Gasteiger partial charge in [0.1, 0.15) is 6.17 Å². The lowest BCUT2D eigenvalue weighted by Gasteiger charge is -2.50. The van der Waals surface area contributed by atoms with Gasteiger partial charge in [0.2, 0.25) is 5.95 Å². The molecular weight excluding hydrogens is 496 g/mol. The Bertz CT molecular complexity index is 1500. The average molecular weight is 531 g/mol. The summed E-state index contributed by atoms with van der Waals surface area (Å²) in [6, 6.07) is 5.71. The molecule has 8 heteroatoms. The molecule has 202 valence electrons. The molecule has 0 N–H and O–H groups in total. The summed E-state index contributed by atoms with van der Waals surface area (Å²) in [5, 5.41) is 0. The van der Waals surface area contributed by atoms with Gasteiger partial charge in [0.25, 0.3) is 0 Å². The zero-order valence-electron chi connectivity index (χ0n) is 22.8. The number of anilines is 1. The zero-order valence-corrected chi connectivity index (χ0v) is 22.8.